The van der Waals surface area contributed by atoms with Crippen LogP contribution in [-0.4, -0.2) is 19.7 Å². The number of allylic oxidation sites excluding steroid dienone is 2. The maximum absolute atomic E-state index is 5.59. The number of aromatic nitrogens is 4. The quantitative estimate of drug-likeness (QED) is 0.601. The van der Waals surface area contributed by atoms with E-state index in [0.717, 1.165) is 18.5 Å². The molecule has 4 nitrogen and oxygen atoms in total. The molecule has 0 fully saturated rings. The van der Waals surface area contributed by atoms with Crippen LogP contribution in [0, 0.1) is 0 Å². The molecule has 0 aliphatic carbocycles. The summed E-state index contributed by atoms with van der Waals surface area (Å²) in [5, 5.41) is 4.38. The van der Waals surface area contributed by atoms with E-state index in [9.17, 15) is 0 Å². The van der Waals surface area contributed by atoms with E-state index < -0.39 is 0 Å². The Kier molecular flexibility index (Phi) is 3.66. The van der Waals surface area contributed by atoms with E-state index in [0.29, 0.717) is 0 Å². The van der Waals surface area contributed by atoms with Crippen molar-refractivity contribution in [3.05, 3.63) is 53.9 Å². The summed E-state index contributed by atoms with van der Waals surface area (Å²) in [5.41, 5.74) is 1.04. The van der Waals surface area contributed by atoms with Gasteiger partial charge >= 0.3 is 0 Å². The molecule has 0 saturated heterocycles. The largest absolute Gasteiger partial charge is 0.269 e. The molecule has 0 aliphatic rings. The van der Waals surface area contributed by atoms with Gasteiger partial charge in [0.05, 0.1) is 6.54 Å². The Bertz CT molecular complexity index is 447. The van der Waals surface area contributed by atoms with Crippen molar-refractivity contribution in [2.24, 2.45) is 0 Å². The Hall–Kier alpha value is -1.68. The Labute approximate surface area is 98.6 Å². The standard InChI is InChI=1S/C11H11ClN4/c12-11-13-8-10(9-14-11)4-1-2-6-16-7-3-5-15-16/h1-3,5,7-9H,4,6H2. The zero-order chi connectivity index (χ0) is 11.2. The van der Waals surface area contributed by atoms with E-state index in [1.807, 2.05) is 16.9 Å². The molecule has 2 aromatic rings. The van der Waals surface area contributed by atoms with Gasteiger partial charge in [0.15, 0.2) is 0 Å². The van der Waals surface area contributed by atoms with Gasteiger partial charge in [-0.3, -0.25) is 4.68 Å². The molecule has 5 heteroatoms. The third kappa shape index (κ3) is 3.17. The van der Waals surface area contributed by atoms with Gasteiger partial charge in [-0.2, -0.15) is 5.10 Å². The molecule has 0 bridgehead atoms. The second kappa shape index (κ2) is 5.42. The highest BCUT2D eigenvalue weighted by molar-refractivity contribution is 6.28. The monoisotopic (exact) mass is 234 g/mol. The van der Waals surface area contributed by atoms with Crippen molar-refractivity contribution in [2.75, 3.05) is 0 Å². The molecule has 2 heterocycles. The molecule has 0 N–H and O–H groups in total. The second-order valence-electron chi connectivity index (χ2n) is 3.26. The summed E-state index contributed by atoms with van der Waals surface area (Å²) in [5.74, 6) is 0. The molecule has 0 aliphatic heterocycles. The van der Waals surface area contributed by atoms with Crippen molar-refractivity contribution in [3.8, 4) is 0 Å². The lowest BCUT2D eigenvalue weighted by Gasteiger charge is -1.96. The number of nitrogens with zero attached hydrogens (tertiary/aromatic N) is 4. The van der Waals surface area contributed by atoms with Crippen LogP contribution < -0.4 is 0 Å². The molecule has 2 aromatic heterocycles. The maximum atomic E-state index is 5.59. The SMILES string of the molecule is Clc1ncc(CC=CCn2cccn2)cn1. The van der Waals surface area contributed by atoms with Crippen molar-refractivity contribution in [3.63, 3.8) is 0 Å². The molecule has 0 radical (unpaired) electrons. The molecule has 0 saturated carbocycles. The van der Waals surface area contributed by atoms with Crippen molar-refractivity contribution in [2.45, 2.75) is 13.0 Å². The third-order valence-corrected chi connectivity index (χ3v) is 2.24. The summed E-state index contributed by atoms with van der Waals surface area (Å²) in [6.45, 7) is 0.779. The summed E-state index contributed by atoms with van der Waals surface area (Å²) < 4.78 is 1.86. The van der Waals surface area contributed by atoms with Crippen LogP contribution in [0.1, 0.15) is 5.56 Å². The molecule has 0 amide bonds. The Morgan fingerprint density at radius 1 is 1.25 bits per heavy atom. The normalized spacial score (nSPS) is 11.1. The Balaban J connectivity index is 1.83. The average Bonchev–Trinajstić information content (AvgIpc) is 2.80. The molecule has 2 rings (SSSR count). The molecule has 82 valence electrons. The van der Waals surface area contributed by atoms with Crippen LogP contribution >= 0.6 is 11.6 Å². The Morgan fingerprint density at radius 2 is 2.06 bits per heavy atom. The minimum Gasteiger partial charge on any atom is -0.269 e. The van der Waals surface area contributed by atoms with E-state index in [-0.39, 0.29) is 5.28 Å². The highest BCUT2D eigenvalue weighted by Crippen LogP contribution is 2.02. The Morgan fingerprint density at radius 3 is 2.75 bits per heavy atom. The minimum atomic E-state index is 0.282. The highest BCUT2D eigenvalue weighted by Gasteiger charge is 1.92. The minimum absolute atomic E-state index is 0.282. The lowest BCUT2D eigenvalue weighted by molar-refractivity contribution is 0.700. The van der Waals surface area contributed by atoms with Gasteiger partial charge in [-0.25, -0.2) is 9.97 Å². The van der Waals surface area contributed by atoms with E-state index in [4.69, 9.17) is 11.6 Å². The zero-order valence-corrected chi connectivity index (χ0v) is 9.38. The van der Waals surface area contributed by atoms with E-state index in [1.54, 1.807) is 18.6 Å². The number of halogens is 1. The van der Waals surface area contributed by atoms with Crippen LogP contribution in [0.25, 0.3) is 0 Å². The van der Waals surface area contributed by atoms with Gasteiger partial charge in [0.2, 0.25) is 5.28 Å². The van der Waals surface area contributed by atoms with Crippen molar-refractivity contribution in [1.82, 2.24) is 19.7 Å². The van der Waals surface area contributed by atoms with Gasteiger partial charge in [-0.15, -0.1) is 0 Å². The first-order valence-corrected chi connectivity index (χ1v) is 5.31. The van der Waals surface area contributed by atoms with E-state index in [2.05, 4.69) is 27.2 Å². The maximum Gasteiger partial charge on any atom is 0.222 e. The van der Waals surface area contributed by atoms with E-state index in [1.165, 1.54) is 0 Å². The molecule has 16 heavy (non-hydrogen) atoms. The fraction of sp³-hybridized carbons (Fsp3) is 0.182. The van der Waals surface area contributed by atoms with Crippen molar-refractivity contribution in [1.29, 1.82) is 0 Å². The number of rotatable bonds is 4. The van der Waals surface area contributed by atoms with Gasteiger partial charge in [0.25, 0.3) is 0 Å². The van der Waals surface area contributed by atoms with Crippen LogP contribution in [0.2, 0.25) is 5.28 Å². The van der Waals surface area contributed by atoms with Gasteiger partial charge in [0.1, 0.15) is 0 Å². The van der Waals surface area contributed by atoms with E-state index >= 15 is 0 Å². The number of hydrogen-bond donors (Lipinski definition) is 0. The lowest BCUT2D eigenvalue weighted by Crippen LogP contribution is -1.94. The van der Waals surface area contributed by atoms with Gasteiger partial charge in [-0.05, 0) is 29.7 Å². The molecule has 0 spiro atoms. The summed E-state index contributed by atoms with van der Waals surface area (Å²) in [4.78, 5) is 7.82. The fourth-order valence-electron chi connectivity index (χ4n) is 1.25. The predicted molar refractivity (Wildman–Crippen MR) is 62.1 cm³/mol. The lowest BCUT2D eigenvalue weighted by atomic mass is 10.2. The highest BCUT2D eigenvalue weighted by atomic mass is 35.5. The first-order valence-electron chi connectivity index (χ1n) is 4.93. The first-order chi connectivity index (χ1) is 7.84. The van der Waals surface area contributed by atoms with Gasteiger partial charge in [0, 0.05) is 24.8 Å². The fourth-order valence-corrected chi connectivity index (χ4v) is 1.35. The van der Waals surface area contributed by atoms with Crippen LogP contribution in [0.5, 0.6) is 0 Å². The second-order valence-corrected chi connectivity index (χ2v) is 3.60. The summed E-state index contributed by atoms with van der Waals surface area (Å²) in [6.07, 6.45) is 12.1. The molecular weight excluding hydrogens is 224 g/mol. The summed E-state index contributed by atoms with van der Waals surface area (Å²) in [7, 11) is 0. The first kappa shape index (κ1) is 10.8. The summed E-state index contributed by atoms with van der Waals surface area (Å²) in [6, 6.07) is 1.90. The molecule has 0 unspecified atom stereocenters. The molecule has 0 atom stereocenters. The van der Waals surface area contributed by atoms with Crippen molar-refractivity contribution >= 4 is 11.6 Å². The topological polar surface area (TPSA) is 43.6 Å². The molecular formula is C11H11ClN4. The number of hydrogen-bond acceptors (Lipinski definition) is 3. The third-order valence-electron chi connectivity index (χ3n) is 2.05. The van der Waals surface area contributed by atoms with Gasteiger partial charge in [-0.1, -0.05) is 12.2 Å². The van der Waals surface area contributed by atoms with Crippen LogP contribution in [-0.2, 0) is 13.0 Å². The average molecular weight is 235 g/mol. The molecule has 0 aromatic carbocycles. The van der Waals surface area contributed by atoms with Crippen molar-refractivity contribution < 1.29 is 0 Å². The van der Waals surface area contributed by atoms with Crippen LogP contribution in [0.4, 0.5) is 0 Å². The zero-order valence-electron chi connectivity index (χ0n) is 8.62. The summed E-state index contributed by atoms with van der Waals surface area (Å²) >= 11 is 5.59. The van der Waals surface area contributed by atoms with Crippen LogP contribution in [0.15, 0.2) is 43.0 Å². The van der Waals surface area contributed by atoms with Crippen LogP contribution in [0.3, 0.4) is 0 Å². The smallest absolute Gasteiger partial charge is 0.222 e. The predicted octanol–water partition coefficient (Wildman–Crippen LogP) is 2.13. The van der Waals surface area contributed by atoms with Gasteiger partial charge < -0.3 is 0 Å².